The van der Waals surface area contributed by atoms with E-state index in [4.69, 9.17) is 21.4 Å². The Kier molecular flexibility index (Phi) is 6.36. The van der Waals surface area contributed by atoms with Crippen LogP contribution < -0.4 is 10.1 Å². The number of nitriles is 1. The molecular formula is C19H15ClN2O4. The van der Waals surface area contributed by atoms with E-state index in [2.05, 4.69) is 5.32 Å². The average molecular weight is 371 g/mol. The number of anilines is 1. The summed E-state index contributed by atoms with van der Waals surface area (Å²) in [4.78, 5) is 22.9. The predicted molar refractivity (Wildman–Crippen MR) is 98.0 cm³/mol. The molecule has 0 fully saturated rings. The van der Waals surface area contributed by atoms with Crippen LogP contribution in [0.2, 0.25) is 5.02 Å². The van der Waals surface area contributed by atoms with Crippen LogP contribution in [0.1, 0.15) is 11.1 Å². The molecule has 0 heterocycles. The number of benzene rings is 2. The number of hydrogen-bond donors (Lipinski definition) is 2. The molecule has 2 aromatic carbocycles. The van der Waals surface area contributed by atoms with Gasteiger partial charge in [-0.25, -0.2) is 4.79 Å². The lowest BCUT2D eigenvalue weighted by molar-refractivity contribution is -0.139. The lowest BCUT2D eigenvalue weighted by atomic mass is 10.1. The Hall–Kier alpha value is -3.30. The maximum Gasteiger partial charge on any atom is 0.341 e. The molecule has 0 aromatic heterocycles. The van der Waals surface area contributed by atoms with Crippen molar-refractivity contribution in [3.63, 3.8) is 0 Å². The number of carboxylic acid groups (broad SMARTS) is 1. The van der Waals surface area contributed by atoms with E-state index < -0.39 is 18.5 Å². The van der Waals surface area contributed by atoms with Crippen molar-refractivity contribution in [3.05, 3.63) is 64.2 Å². The van der Waals surface area contributed by atoms with E-state index in [-0.39, 0.29) is 5.57 Å². The molecule has 1 amide bonds. The van der Waals surface area contributed by atoms with Gasteiger partial charge < -0.3 is 15.2 Å². The number of nitrogens with one attached hydrogen (secondary N) is 1. The molecular weight excluding hydrogens is 356 g/mol. The van der Waals surface area contributed by atoms with Crippen LogP contribution in [0.4, 0.5) is 5.69 Å². The molecule has 0 radical (unpaired) electrons. The van der Waals surface area contributed by atoms with E-state index in [0.717, 1.165) is 5.56 Å². The number of ether oxygens (including phenoxy) is 1. The maximum absolute atomic E-state index is 12.3. The number of carbonyl (C=O) groups is 2. The molecule has 2 aromatic rings. The first kappa shape index (κ1) is 19.0. The predicted octanol–water partition coefficient (Wildman–Crippen LogP) is 3.66. The quantitative estimate of drug-likeness (QED) is 0.597. The molecule has 2 rings (SSSR count). The minimum atomic E-state index is -1.10. The molecule has 0 saturated carbocycles. The molecule has 0 atom stereocenters. The van der Waals surface area contributed by atoms with Gasteiger partial charge in [-0.15, -0.1) is 0 Å². The van der Waals surface area contributed by atoms with E-state index in [1.54, 1.807) is 49.4 Å². The van der Waals surface area contributed by atoms with Crippen LogP contribution in [0, 0.1) is 18.3 Å². The van der Waals surface area contributed by atoms with Gasteiger partial charge in [-0.3, -0.25) is 4.79 Å². The Balaban J connectivity index is 2.19. The summed E-state index contributed by atoms with van der Waals surface area (Å²) >= 11 is 5.89. The van der Waals surface area contributed by atoms with Gasteiger partial charge in [0.05, 0.1) is 0 Å². The molecule has 0 aliphatic heterocycles. The highest BCUT2D eigenvalue weighted by Gasteiger charge is 2.11. The number of amides is 1. The third-order valence-corrected chi connectivity index (χ3v) is 3.57. The van der Waals surface area contributed by atoms with Crippen LogP contribution in [0.5, 0.6) is 5.75 Å². The third kappa shape index (κ3) is 5.36. The van der Waals surface area contributed by atoms with Crippen LogP contribution in [-0.2, 0) is 9.59 Å². The zero-order valence-electron chi connectivity index (χ0n) is 13.8. The second-order valence-corrected chi connectivity index (χ2v) is 5.77. The molecule has 0 saturated heterocycles. The number of aryl methyl sites for hydroxylation is 1. The highest BCUT2D eigenvalue weighted by Crippen LogP contribution is 2.21. The number of halogens is 1. The number of hydrogen-bond acceptors (Lipinski definition) is 4. The summed E-state index contributed by atoms with van der Waals surface area (Å²) in [6.45, 7) is 1.31. The normalized spacial score (nSPS) is 10.7. The minimum Gasteiger partial charge on any atom is -0.482 e. The second kappa shape index (κ2) is 8.70. The van der Waals surface area contributed by atoms with E-state index in [1.165, 1.54) is 6.08 Å². The van der Waals surface area contributed by atoms with Crippen LogP contribution in [0.15, 0.2) is 48.0 Å². The second-order valence-electron chi connectivity index (χ2n) is 5.34. The van der Waals surface area contributed by atoms with Crippen LogP contribution in [0.25, 0.3) is 6.08 Å². The monoisotopic (exact) mass is 370 g/mol. The zero-order valence-corrected chi connectivity index (χ0v) is 14.6. The summed E-state index contributed by atoms with van der Waals surface area (Å²) < 4.78 is 5.08. The van der Waals surface area contributed by atoms with Crippen molar-refractivity contribution in [2.75, 3.05) is 11.9 Å². The van der Waals surface area contributed by atoms with E-state index in [9.17, 15) is 14.9 Å². The Morgan fingerprint density at radius 2 is 2.08 bits per heavy atom. The van der Waals surface area contributed by atoms with Gasteiger partial charge in [0.15, 0.2) is 6.61 Å². The van der Waals surface area contributed by atoms with Crippen molar-refractivity contribution >= 4 is 35.2 Å². The largest absolute Gasteiger partial charge is 0.482 e. The SMILES string of the molecule is Cc1cc(Cl)ccc1NC(=O)/C(C#N)=C/c1cccc(OCC(=O)O)c1. The third-order valence-electron chi connectivity index (χ3n) is 3.33. The molecule has 7 heteroatoms. The van der Waals surface area contributed by atoms with Crippen LogP contribution >= 0.6 is 11.6 Å². The number of aliphatic carboxylic acids is 1. The topological polar surface area (TPSA) is 99.4 Å². The number of nitrogens with zero attached hydrogens (tertiary/aromatic N) is 1. The summed E-state index contributed by atoms with van der Waals surface area (Å²) in [6.07, 6.45) is 1.40. The zero-order chi connectivity index (χ0) is 19.1. The molecule has 2 N–H and O–H groups in total. The molecule has 6 nitrogen and oxygen atoms in total. The standard InChI is InChI=1S/C19H15ClN2O4/c1-12-7-15(20)5-6-17(12)22-19(25)14(10-21)8-13-3-2-4-16(9-13)26-11-18(23)24/h2-9H,11H2,1H3,(H,22,25)(H,23,24)/b14-8+. The summed E-state index contributed by atoms with van der Waals surface area (Å²) in [7, 11) is 0. The minimum absolute atomic E-state index is 0.102. The molecule has 0 bridgehead atoms. The first-order valence-corrected chi connectivity index (χ1v) is 7.91. The Morgan fingerprint density at radius 3 is 2.73 bits per heavy atom. The van der Waals surface area contributed by atoms with E-state index >= 15 is 0 Å². The number of rotatable bonds is 6. The molecule has 0 aliphatic rings. The highest BCUT2D eigenvalue weighted by atomic mass is 35.5. The average Bonchev–Trinajstić information content (AvgIpc) is 2.60. The van der Waals surface area contributed by atoms with Gasteiger partial charge in [0.1, 0.15) is 17.4 Å². The van der Waals surface area contributed by atoms with E-state index in [1.807, 2.05) is 6.07 Å². The van der Waals surface area contributed by atoms with Gasteiger partial charge in [0.25, 0.3) is 5.91 Å². The fraction of sp³-hybridized carbons (Fsp3) is 0.105. The lowest BCUT2D eigenvalue weighted by Gasteiger charge is -2.08. The van der Waals surface area contributed by atoms with Crippen molar-refractivity contribution in [2.24, 2.45) is 0 Å². The van der Waals surface area contributed by atoms with Crippen LogP contribution in [-0.4, -0.2) is 23.6 Å². The molecule has 26 heavy (non-hydrogen) atoms. The van der Waals surface area contributed by atoms with E-state index in [0.29, 0.717) is 22.0 Å². The molecule has 0 spiro atoms. The van der Waals surface area contributed by atoms with Crippen LogP contribution in [0.3, 0.4) is 0 Å². The molecule has 132 valence electrons. The first-order valence-electron chi connectivity index (χ1n) is 7.53. The van der Waals surface area contributed by atoms with Gasteiger partial charge in [0, 0.05) is 10.7 Å². The van der Waals surface area contributed by atoms with Crippen molar-refractivity contribution in [1.82, 2.24) is 0 Å². The molecule has 0 unspecified atom stereocenters. The van der Waals surface area contributed by atoms with Gasteiger partial charge in [-0.05, 0) is 54.5 Å². The fourth-order valence-electron chi connectivity index (χ4n) is 2.11. The van der Waals surface area contributed by atoms with Crippen molar-refractivity contribution in [1.29, 1.82) is 5.26 Å². The highest BCUT2D eigenvalue weighted by molar-refractivity contribution is 6.30. The van der Waals surface area contributed by atoms with Gasteiger partial charge in [-0.1, -0.05) is 23.7 Å². The maximum atomic E-state index is 12.3. The fourth-order valence-corrected chi connectivity index (χ4v) is 2.34. The molecule has 0 aliphatic carbocycles. The van der Waals surface area contributed by atoms with Gasteiger partial charge in [0.2, 0.25) is 0 Å². The van der Waals surface area contributed by atoms with Gasteiger partial charge in [-0.2, -0.15) is 5.26 Å². The van der Waals surface area contributed by atoms with Crippen molar-refractivity contribution < 1.29 is 19.4 Å². The summed E-state index contributed by atoms with van der Waals surface area (Å²) in [5.74, 6) is -1.33. The Labute approximate surface area is 155 Å². The smallest absolute Gasteiger partial charge is 0.341 e. The van der Waals surface area contributed by atoms with Crippen molar-refractivity contribution in [2.45, 2.75) is 6.92 Å². The Bertz CT molecular complexity index is 916. The Morgan fingerprint density at radius 1 is 1.31 bits per heavy atom. The summed E-state index contributed by atoms with van der Waals surface area (Å²) in [5.41, 5.74) is 1.76. The first-order chi connectivity index (χ1) is 12.4. The van der Waals surface area contributed by atoms with Crippen molar-refractivity contribution in [3.8, 4) is 11.8 Å². The number of carbonyl (C=O) groups excluding carboxylic acids is 1. The number of carboxylic acids is 1. The summed E-state index contributed by atoms with van der Waals surface area (Å²) in [6, 6.07) is 13.3. The summed E-state index contributed by atoms with van der Waals surface area (Å²) in [5, 5.41) is 21.1. The lowest BCUT2D eigenvalue weighted by Crippen LogP contribution is -2.14. The van der Waals surface area contributed by atoms with Gasteiger partial charge >= 0.3 is 5.97 Å².